The van der Waals surface area contributed by atoms with E-state index in [0.29, 0.717) is 5.56 Å². The third-order valence-electron chi connectivity index (χ3n) is 6.30. The van der Waals surface area contributed by atoms with Crippen molar-refractivity contribution in [2.45, 2.75) is 29.9 Å². The molecule has 1 aliphatic heterocycles. The molecule has 1 fully saturated rings. The monoisotopic (exact) mass is 663 g/mol. The summed E-state index contributed by atoms with van der Waals surface area (Å²) in [6.45, 7) is -0.470. The number of nitrogens with zero attached hydrogens (tertiary/aromatic N) is 2. The fourth-order valence-electron chi connectivity index (χ4n) is 4.41. The van der Waals surface area contributed by atoms with Gasteiger partial charge in [0.2, 0.25) is 10.0 Å². The van der Waals surface area contributed by atoms with E-state index in [-0.39, 0.29) is 29.0 Å². The molecule has 5 rings (SSSR count). The van der Waals surface area contributed by atoms with Crippen molar-refractivity contribution in [3.63, 3.8) is 0 Å². The molecule has 0 unspecified atom stereocenters. The largest absolute Gasteiger partial charge is 0.573 e. The number of carbonyl (C=O) groups is 1. The maximum atomic E-state index is 13.4. The van der Waals surface area contributed by atoms with E-state index in [4.69, 9.17) is 0 Å². The predicted octanol–water partition coefficient (Wildman–Crippen LogP) is 3.92. The van der Waals surface area contributed by atoms with Crippen molar-refractivity contribution in [3.05, 3.63) is 83.7 Å². The van der Waals surface area contributed by atoms with Gasteiger partial charge in [-0.05, 0) is 54.4 Å². The lowest BCUT2D eigenvalue weighted by molar-refractivity contribution is -0.275. The minimum atomic E-state index is -5.22. The molecule has 1 saturated heterocycles. The number of amides is 1. The number of benzene rings is 3. The number of hydrogen-bond acceptors (Lipinski definition) is 7. The van der Waals surface area contributed by atoms with Crippen LogP contribution in [0, 0.1) is 0 Å². The van der Waals surface area contributed by atoms with Crippen molar-refractivity contribution in [2.24, 2.45) is 0 Å². The Hall–Kier alpha value is -4.36. The normalized spacial score (nSPS) is 16.2. The minimum absolute atomic E-state index is 0.0461. The van der Waals surface area contributed by atoms with Crippen molar-refractivity contribution in [1.29, 1.82) is 0 Å². The van der Waals surface area contributed by atoms with E-state index in [1.54, 1.807) is 0 Å². The second-order valence-electron chi connectivity index (χ2n) is 9.43. The van der Waals surface area contributed by atoms with Gasteiger partial charge in [0.1, 0.15) is 23.0 Å². The van der Waals surface area contributed by atoms with Crippen LogP contribution in [-0.4, -0.2) is 45.6 Å². The number of para-hydroxylation sites is 1. The highest BCUT2D eigenvalue weighted by atomic mass is 32.2. The van der Waals surface area contributed by atoms with E-state index >= 15 is 0 Å². The molecule has 0 aliphatic carbocycles. The van der Waals surface area contributed by atoms with Crippen molar-refractivity contribution in [2.75, 3.05) is 10.8 Å². The number of sulfonamides is 1. The topological polar surface area (TPSA) is 151 Å². The number of ether oxygens (including phenoxy) is 1. The Morgan fingerprint density at radius 1 is 1.00 bits per heavy atom. The van der Waals surface area contributed by atoms with Gasteiger partial charge in [-0.3, -0.25) is 4.79 Å². The van der Waals surface area contributed by atoms with Crippen LogP contribution in [-0.2, 0) is 37.6 Å². The summed E-state index contributed by atoms with van der Waals surface area (Å²) in [5.74, 6) is -1.94. The van der Waals surface area contributed by atoms with Gasteiger partial charge < -0.3 is 9.72 Å². The molecule has 0 bridgehead atoms. The number of rotatable bonds is 8. The number of aromatic amines is 1. The van der Waals surface area contributed by atoms with Crippen LogP contribution < -0.4 is 18.5 Å². The third kappa shape index (κ3) is 6.73. The molecule has 2 heterocycles. The van der Waals surface area contributed by atoms with E-state index in [1.165, 1.54) is 24.3 Å². The van der Waals surface area contributed by atoms with Crippen molar-refractivity contribution < 1.29 is 52.7 Å². The van der Waals surface area contributed by atoms with E-state index in [1.807, 2.05) is 4.72 Å². The SMILES string of the molecule is O=C1CN(c2ccc(C[C@H](NS(=O)(=O)c3ccccc3OC(F)(F)F)c3nc4ccc(C(F)(F)F)cc4[nH]3)cc2)S(=O)(=O)N1. The standard InChI is InChI=1S/C25H19F6N5O6S2/c26-24(27,28)15-7-10-17-18(12-15)33-23(32-17)19(34-43(38,39)21-4-2-1-3-20(21)42-25(29,30)31)11-14-5-8-16(9-6-14)36-13-22(37)35-44(36,40)41/h1-10,12,19,34H,11,13H2,(H,32,33)(H,35,37)/t19-/m0/s1. The molecule has 11 nitrogen and oxygen atoms in total. The molecule has 1 aromatic heterocycles. The summed E-state index contributed by atoms with van der Waals surface area (Å²) in [6, 6.07) is 10.7. The van der Waals surface area contributed by atoms with Crippen molar-refractivity contribution in [3.8, 4) is 5.75 Å². The highest BCUT2D eigenvalue weighted by Crippen LogP contribution is 2.33. The number of hydrogen-bond donors (Lipinski definition) is 3. The molecule has 0 radical (unpaired) electrons. The molecular formula is C25H19F6N5O6S2. The number of nitrogens with one attached hydrogen (secondary N) is 3. The van der Waals surface area contributed by atoms with Gasteiger partial charge in [0.15, 0.2) is 0 Å². The number of fused-ring (bicyclic) bond motifs is 1. The maximum absolute atomic E-state index is 13.4. The quantitative estimate of drug-likeness (QED) is 0.242. The predicted molar refractivity (Wildman–Crippen MR) is 142 cm³/mol. The summed E-state index contributed by atoms with van der Waals surface area (Å²) < 4.78 is 139. The summed E-state index contributed by atoms with van der Waals surface area (Å²) in [7, 11) is -8.90. The van der Waals surface area contributed by atoms with Crippen LogP contribution in [0.2, 0.25) is 0 Å². The van der Waals surface area contributed by atoms with Gasteiger partial charge in [-0.2, -0.15) is 21.6 Å². The van der Waals surface area contributed by atoms with Gasteiger partial charge >= 0.3 is 22.7 Å². The molecule has 1 atom stereocenters. The lowest BCUT2D eigenvalue weighted by Gasteiger charge is -2.20. The molecule has 0 saturated carbocycles. The molecule has 0 spiro atoms. The van der Waals surface area contributed by atoms with Gasteiger partial charge in [0.25, 0.3) is 5.91 Å². The van der Waals surface area contributed by atoms with E-state index in [2.05, 4.69) is 19.4 Å². The zero-order valence-electron chi connectivity index (χ0n) is 21.8. The number of imidazole rings is 1. The smallest absolute Gasteiger partial charge is 0.404 e. The van der Waals surface area contributed by atoms with Crippen LogP contribution in [0.15, 0.2) is 71.6 Å². The lowest BCUT2D eigenvalue weighted by atomic mass is 10.1. The number of H-pyrrole nitrogens is 1. The summed E-state index contributed by atoms with van der Waals surface area (Å²) in [6.07, 6.45) is -10.2. The highest BCUT2D eigenvalue weighted by molar-refractivity contribution is 7.92. The molecule has 3 N–H and O–H groups in total. The number of aromatic nitrogens is 2. The summed E-state index contributed by atoms with van der Waals surface area (Å²) in [5, 5.41) is 0. The van der Waals surface area contributed by atoms with Gasteiger partial charge in [-0.25, -0.2) is 27.2 Å². The molecule has 4 aromatic rings. The van der Waals surface area contributed by atoms with E-state index in [9.17, 15) is 48.0 Å². The van der Waals surface area contributed by atoms with Crippen LogP contribution in [0.4, 0.5) is 32.0 Å². The Bertz CT molecular complexity index is 1940. The Morgan fingerprint density at radius 3 is 2.30 bits per heavy atom. The molecule has 1 amide bonds. The molecule has 1 aliphatic rings. The highest BCUT2D eigenvalue weighted by Gasteiger charge is 2.36. The van der Waals surface area contributed by atoms with Gasteiger partial charge in [0.05, 0.1) is 28.3 Å². The third-order valence-corrected chi connectivity index (χ3v) is 9.22. The summed E-state index contributed by atoms with van der Waals surface area (Å²) >= 11 is 0. The number of alkyl halides is 6. The molecular weight excluding hydrogens is 644 g/mol. The first kappa shape index (κ1) is 31.1. The van der Waals surface area contributed by atoms with Crippen LogP contribution in [0.1, 0.15) is 23.0 Å². The Balaban J connectivity index is 1.52. The van der Waals surface area contributed by atoms with Gasteiger partial charge in [-0.15, -0.1) is 13.2 Å². The van der Waals surface area contributed by atoms with E-state index in [0.717, 1.165) is 46.8 Å². The average Bonchev–Trinajstić information content (AvgIpc) is 3.46. The van der Waals surface area contributed by atoms with Crippen molar-refractivity contribution in [1.82, 2.24) is 19.4 Å². The summed E-state index contributed by atoms with van der Waals surface area (Å²) in [4.78, 5) is 17.6. The molecule has 44 heavy (non-hydrogen) atoms. The number of anilines is 1. The Labute approximate surface area is 245 Å². The second-order valence-corrected chi connectivity index (χ2v) is 12.7. The molecule has 234 valence electrons. The van der Waals surface area contributed by atoms with Crippen LogP contribution in [0.25, 0.3) is 11.0 Å². The molecule has 19 heteroatoms. The number of halogens is 6. The summed E-state index contributed by atoms with van der Waals surface area (Å²) in [5.41, 5.74) is -0.591. The fourth-order valence-corrected chi connectivity index (χ4v) is 6.89. The Morgan fingerprint density at radius 2 is 1.68 bits per heavy atom. The van der Waals surface area contributed by atoms with E-state index < -0.39 is 67.5 Å². The molecule has 3 aromatic carbocycles. The van der Waals surface area contributed by atoms with Crippen LogP contribution >= 0.6 is 0 Å². The van der Waals surface area contributed by atoms with Crippen LogP contribution in [0.5, 0.6) is 5.75 Å². The van der Waals surface area contributed by atoms with Crippen LogP contribution in [0.3, 0.4) is 0 Å². The fraction of sp³-hybridized carbons (Fsp3) is 0.200. The second kappa shape index (κ2) is 11.0. The zero-order chi connectivity index (χ0) is 32.1. The van der Waals surface area contributed by atoms with Gasteiger partial charge in [-0.1, -0.05) is 24.3 Å². The maximum Gasteiger partial charge on any atom is 0.573 e. The first-order valence-electron chi connectivity index (χ1n) is 12.3. The zero-order valence-corrected chi connectivity index (χ0v) is 23.4. The first-order chi connectivity index (χ1) is 20.4. The average molecular weight is 664 g/mol. The first-order valence-corrected chi connectivity index (χ1v) is 15.2. The van der Waals surface area contributed by atoms with Crippen molar-refractivity contribution >= 4 is 42.9 Å². The van der Waals surface area contributed by atoms with Gasteiger partial charge in [0, 0.05) is 0 Å². The number of carbonyl (C=O) groups excluding carboxylic acids is 1. The lowest BCUT2D eigenvalue weighted by Crippen LogP contribution is -2.32. The Kier molecular flexibility index (Phi) is 7.75. The minimum Gasteiger partial charge on any atom is -0.404 e.